The van der Waals surface area contributed by atoms with Crippen molar-refractivity contribution in [2.24, 2.45) is 5.73 Å². The van der Waals surface area contributed by atoms with Gasteiger partial charge in [-0.3, -0.25) is 4.90 Å². The molecule has 1 aromatic rings. The normalized spacial score (nSPS) is 29.6. The highest BCUT2D eigenvalue weighted by atomic mass is 16.5. The van der Waals surface area contributed by atoms with Gasteiger partial charge in [-0.05, 0) is 51.4 Å². The summed E-state index contributed by atoms with van der Waals surface area (Å²) in [6, 6.07) is 8.25. The maximum absolute atomic E-state index is 6.15. The molecule has 0 aromatic heterocycles. The van der Waals surface area contributed by atoms with Gasteiger partial charge in [-0.15, -0.1) is 0 Å². The zero-order chi connectivity index (χ0) is 15.5. The van der Waals surface area contributed by atoms with Gasteiger partial charge in [0.1, 0.15) is 5.75 Å². The van der Waals surface area contributed by atoms with Crippen molar-refractivity contribution < 1.29 is 9.47 Å². The van der Waals surface area contributed by atoms with Gasteiger partial charge in [0.25, 0.3) is 0 Å². The fraction of sp³-hybridized carbons (Fsp3) is 0.647. The van der Waals surface area contributed by atoms with E-state index in [9.17, 15) is 0 Å². The molecule has 21 heavy (non-hydrogen) atoms. The summed E-state index contributed by atoms with van der Waals surface area (Å²) in [7, 11) is 3.86. The molecule has 4 heteroatoms. The molecule has 1 aliphatic heterocycles. The molecule has 2 atom stereocenters. The number of methoxy groups -OCH3 is 1. The minimum absolute atomic E-state index is 0.0248. The molecule has 2 N–H and O–H groups in total. The van der Waals surface area contributed by atoms with Gasteiger partial charge in [-0.1, -0.05) is 12.1 Å². The summed E-state index contributed by atoms with van der Waals surface area (Å²) in [5.74, 6) is 0.892. The Morgan fingerprint density at radius 3 is 2.29 bits per heavy atom. The molecule has 0 radical (unpaired) electrons. The zero-order valence-electron chi connectivity index (χ0n) is 13.6. The summed E-state index contributed by atoms with van der Waals surface area (Å²) >= 11 is 0. The second kappa shape index (κ2) is 6.77. The van der Waals surface area contributed by atoms with E-state index in [-0.39, 0.29) is 17.7 Å². The zero-order valence-corrected chi connectivity index (χ0v) is 13.6. The van der Waals surface area contributed by atoms with E-state index in [4.69, 9.17) is 15.2 Å². The van der Waals surface area contributed by atoms with Crippen molar-refractivity contribution in [2.75, 3.05) is 20.7 Å². The number of nitrogens with two attached hydrogens (primary N) is 1. The molecule has 1 aliphatic rings. The largest absolute Gasteiger partial charge is 0.497 e. The molecular weight excluding hydrogens is 264 g/mol. The van der Waals surface area contributed by atoms with E-state index < -0.39 is 0 Å². The average Bonchev–Trinajstić information content (AvgIpc) is 2.46. The summed E-state index contributed by atoms with van der Waals surface area (Å²) in [5, 5.41) is 0. The van der Waals surface area contributed by atoms with E-state index in [0.29, 0.717) is 6.54 Å². The number of rotatable bonds is 5. The van der Waals surface area contributed by atoms with Crippen LogP contribution >= 0.6 is 0 Å². The van der Waals surface area contributed by atoms with Crippen molar-refractivity contribution in [3.8, 4) is 5.75 Å². The van der Waals surface area contributed by atoms with Crippen molar-refractivity contribution in [2.45, 2.75) is 51.0 Å². The van der Waals surface area contributed by atoms with Crippen LogP contribution in [0.5, 0.6) is 5.75 Å². The lowest BCUT2D eigenvalue weighted by atomic mass is 9.82. The van der Waals surface area contributed by atoms with Gasteiger partial charge >= 0.3 is 0 Å². The lowest BCUT2D eigenvalue weighted by Crippen LogP contribution is -2.58. The Hall–Kier alpha value is -1.10. The minimum Gasteiger partial charge on any atom is -0.497 e. The van der Waals surface area contributed by atoms with E-state index in [1.54, 1.807) is 7.11 Å². The van der Waals surface area contributed by atoms with E-state index in [1.807, 2.05) is 12.1 Å². The monoisotopic (exact) mass is 292 g/mol. The molecule has 1 fully saturated rings. The van der Waals surface area contributed by atoms with Crippen LogP contribution in [-0.2, 0) is 11.3 Å². The van der Waals surface area contributed by atoms with Gasteiger partial charge in [0.15, 0.2) is 0 Å². The predicted octanol–water partition coefficient (Wildman–Crippen LogP) is 2.41. The Morgan fingerprint density at radius 2 is 1.81 bits per heavy atom. The lowest BCUT2D eigenvalue weighted by molar-refractivity contribution is -0.0993. The van der Waals surface area contributed by atoms with Crippen LogP contribution in [0, 0.1) is 0 Å². The minimum atomic E-state index is 0.0248. The first kappa shape index (κ1) is 16.3. The quantitative estimate of drug-likeness (QED) is 0.905. The van der Waals surface area contributed by atoms with Gasteiger partial charge in [0.05, 0.1) is 19.3 Å². The molecule has 2 unspecified atom stereocenters. The summed E-state index contributed by atoms with van der Waals surface area (Å²) in [5.41, 5.74) is 7.45. The van der Waals surface area contributed by atoms with E-state index in [2.05, 4.69) is 37.9 Å². The number of hydrogen-bond acceptors (Lipinski definition) is 4. The molecule has 0 saturated carbocycles. The number of likely N-dealkylation sites (N-methyl/N-ethyl adjacent to an activating group) is 1. The average molecular weight is 292 g/mol. The second-order valence-corrected chi connectivity index (χ2v) is 6.30. The van der Waals surface area contributed by atoms with Crippen molar-refractivity contribution in [3.05, 3.63) is 29.8 Å². The van der Waals surface area contributed by atoms with Gasteiger partial charge in [-0.2, -0.15) is 0 Å². The van der Waals surface area contributed by atoms with E-state index in [1.165, 1.54) is 5.56 Å². The molecule has 1 heterocycles. The highest BCUT2D eigenvalue weighted by molar-refractivity contribution is 5.27. The Balaban J connectivity index is 2.10. The summed E-state index contributed by atoms with van der Waals surface area (Å²) in [6.45, 7) is 5.83. The van der Waals surface area contributed by atoms with Crippen LogP contribution in [0.1, 0.15) is 32.3 Å². The molecular formula is C17H28N2O2. The molecule has 1 saturated heterocycles. The number of nitrogens with zero attached hydrogens (tertiary/aromatic N) is 1. The Morgan fingerprint density at radius 1 is 1.24 bits per heavy atom. The van der Waals surface area contributed by atoms with Crippen molar-refractivity contribution in [1.29, 1.82) is 0 Å². The fourth-order valence-corrected chi connectivity index (χ4v) is 3.45. The molecule has 0 spiro atoms. The predicted molar refractivity (Wildman–Crippen MR) is 85.5 cm³/mol. The maximum atomic E-state index is 6.15. The molecule has 0 aliphatic carbocycles. The van der Waals surface area contributed by atoms with Crippen LogP contribution in [0.25, 0.3) is 0 Å². The fourth-order valence-electron chi connectivity index (χ4n) is 3.45. The van der Waals surface area contributed by atoms with Crippen molar-refractivity contribution >= 4 is 0 Å². The van der Waals surface area contributed by atoms with Crippen LogP contribution in [0.3, 0.4) is 0 Å². The third-order valence-corrected chi connectivity index (χ3v) is 4.57. The van der Waals surface area contributed by atoms with Crippen molar-refractivity contribution in [1.82, 2.24) is 4.90 Å². The first-order chi connectivity index (χ1) is 9.99. The van der Waals surface area contributed by atoms with E-state index in [0.717, 1.165) is 25.1 Å². The first-order valence-electron chi connectivity index (χ1n) is 7.69. The van der Waals surface area contributed by atoms with Gasteiger partial charge < -0.3 is 15.2 Å². The molecule has 118 valence electrons. The SMILES string of the molecule is COc1ccc(CN(C)C2(CN)CC(C)OC(C)C2)cc1. The van der Waals surface area contributed by atoms with Gasteiger partial charge in [0, 0.05) is 18.6 Å². The van der Waals surface area contributed by atoms with Crippen molar-refractivity contribution in [3.63, 3.8) is 0 Å². The Bertz CT molecular complexity index is 437. The third-order valence-electron chi connectivity index (χ3n) is 4.57. The number of hydrogen-bond donors (Lipinski definition) is 1. The smallest absolute Gasteiger partial charge is 0.118 e. The van der Waals surface area contributed by atoms with Crippen LogP contribution < -0.4 is 10.5 Å². The first-order valence-corrected chi connectivity index (χ1v) is 7.69. The maximum Gasteiger partial charge on any atom is 0.118 e. The van der Waals surface area contributed by atoms with Crippen LogP contribution in [0.4, 0.5) is 0 Å². The summed E-state index contributed by atoms with van der Waals surface area (Å²) in [6.07, 6.45) is 2.49. The van der Waals surface area contributed by atoms with Crippen LogP contribution in [0.15, 0.2) is 24.3 Å². The molecule has 1 aromatic carbocycles. The molecule has 4 nitrogen and oxygen atoms in total. The third kappa shape index (κ3) is 3.76. The van der Waals surface area contributed by atoms with Gasteiger partial charge in [0.2, 0.25) is 0 Å². The summed E-state index contributed by atoms with van der Waals surface area (Å²) in [4.78, 5) is 2.39. The lowest BCUT2D eigenvalue weighted by Gasteiger charge is -2.48. The van der Waals surface area contributed by atoms with Gasteiger partial charge in [-0.25, -0.2) is 0 Å². The topological polar surface area (TPSA) is 47.7 Å². The van der Waals surface area contributed by atoms with Crippen LogP contribution in [0.2, 0.25) is 0 Å². The molecule has 2 rings (SSSR count). The summed E-state index contributed by atoms with van der Waals surface area (Å²) < 4.78 is 11.1. The second-order valence-electron chi connectivity index (χ2n) is 6.30. The highest BCUT2D eigenvalue weighted by Gasteiger charge is 2.40. The number of benzene rings is 1. The standard InChI is InChI=1S/C17H28N2O2/c1-13-9-17(12-18,10-14(2)21-13)19(3)11-15-5-7-16(20-4)8-6-15/h5-8,13-14H,9-12,18H2,1-4H3. The number of ether oxygens (including phenoxy) is 2. The van der Waals surface area contributed by atoms with E-state index >= 15 is 0 Å². The van der Waals surface area contributed by atoms with Crippen LogP contribution in [-0.4, -0.2) is 43.3 Å². The molecule has 0 bridgehead atoms. The Labute approximate surface area is 128 Å². The highest BCUT2D eigenvalue weighted by Crippen LogP contribution is 2.33. The molecule has 0 amide bonds. The Kier molecular flexibility index (Phi) is 5.25.